The van der Waals surface area contributed by atoms with Crippen LogP contribution in [0.15, 0.2) is 42.7 Å². The quantitative estimate of drug-likeness (QED) is 0.192. The summed E-state index contributed by atoms with van der Waals surface area (Å²) >= 11 is 0. The number of aliphatic hydroxyl groups is 1. The number of carbonyl (C=O) groups excluding carboxylic acids is 4. The minimum atomic E-state index is -1.06. The Morgan fingerprint density at radius 3 is 2.33 bits per heavy atom. The van der Waals surface area contributed by atoms with Gasteiger partial charge in [0, 0.05) is 63.5 Å². The predicted octanol–water partition coefficient (Wildman–Crippen LogP) is 5.52. The number of aryl methyl sites for hydroxylation is 1. The van der Waals surface area contributed by atoms with E-state index in [4.69, 9.17) is 4.74 Å². The number of piperidine rings is 1. The van der Waals surface area contributed by atoms with Crippen LogP contribution in [0.3, 0.4) is 0 Å². The first-order chi connectivity index (χ1) is 26.3. The highest BCUT2D eigenvalue weighted by Gasteiger charge is 2.38. The molecule has 3 aliphatic rings. The first-order valence-electron chi connectivity index (χ1n) is 19.9. The maximum Gasteiger partial charge on any atom is 0.270 e. The number of rotatable bonds is 13. The van der Waals surface area contributed by atoms with Gasteiger partial charge in [0.15, 0.2) is 5.78 Å². The molecule has 1 aliphatic carbocycles. The number of likely N-dealkylation sites (tertiary alicyclic amines) is 1. The average Bonchev–Trinajstić information content (AvgIpc) is 3.88. The third-order valence-corrected chi connectivity index (χ3v) is 12.1. The number of Topliss-reactive ketones (excluding diaryl/α,β-unsaturated/α-hetero) is 1. The van der Waals surface area contributed by atoms with E-state index >= 15 is 4.39 Å². The van der Waals surface area contributed by atoms with Crippen molar-refractivity contribution in [1.82, 2.24) is 29.8 Å². The van der Waals surface area contributed by atoms with Gasteiger partial charge in [-0.05, 0) is 94.0 Å². The van der Waals surface area contributed by atoms with Crippen molar-refractivity contribution in [3.63, 3.8) is 0 Å². The van der Waals surface area contributed by atoms with Crippen molar-refractivity contribution in [1.29, 1.82) is 0 Å². The number of carbonyl (C=O) groups is 4. The number of hydrogen-bond acceptors (Lipinski definition) is 8. The number of nitrogens with one attached hydrogen (secondary N) is 2. The number of anilines is 1. The summed E-state index contributed by atoms with van der Waals surface area (Å²) in [5, 5.41) is 24.9. The SMILES string of the molecule is CCn1nccc1C(=O)C[C@H](C(=O)Nc1ccc([C@H](C)[C@@H](NC(=O)c2ccnn2C2CCOCC2)C(=O)N2CCC(C)(O)CC2)cc1F)C1CCC(C)CC1. The smallest absolute Gasteiger partial charge is 0.270 e. The summed E-state index contributed by atoms with van der Waals surface area (Å²) in [6, 6.07) is 6.64. The van der Waals surface area contributed by atoms with E-state index in [9.17, 15) is 24.3 Å². The van der Waals surface area contributed by atoms with Gasteiger partial charge in [-0.15, -0.1) is 0 Å². The molecule has 13 nitrogen and oxygen atoms in total. The molecule has 3 N–H and O–H groups in total. The third-order valence-electron chi connectivity index (χ3n) is 12.1. The Hall–Kier alpha value is -4.43. The minimum Gasteiger partial charge on any atom is -0.390 e. The molecular formula is C41H56FN7O6. The summed E-state index contributed by atoms with van der Waals surface area (Å²) in [5.74, 6) is -2.85. The van der Waals surface area contributed by atoms with Gasteiger partial charge in [-0.25, -0.2) is 4.39 Å². The second kappa shape index (κ2) is 17.6. The summed E-state index contributed by atoms with van der Waals surface area (Å²) in [6.07, 6.45) is 8.87. The van der Waals surface area contributed by atoms with Crippen LogP contribution in [0.4, 0.5) is 10.1 Å². The molecule has 3 amide bonds. The fourth-order valence-electron chi connectivity index (χ4n) is 8.36. The van der Waals surface area contributed by atoms with Gasteiger partial charge >= 0.3 is 0 Å². The number of amides is 3. The van der Waals surface area contributed by atoms with Gasteiger partial charge in [0.25, 0.3) is 5.91 Å². The molecule has 3 atom stereocenters. The molecule has 0 spiro atoms. The normalized spacial score (nSPS) is 22.0. The van der Waals surface area contributed by atoms with Gasteiger partial charge in [-0.3, -0.25) is 28.5 Å². The van der Waals surface area contributed by atoms with Crippen LogP contribution in [0.2, 0.25) is 0 Å². The van der Waals surface area contributed by atoms with E-state index in [-0.39, 0.29) is 35.8 Å². The molecule has 3 aromatic rings. The zero-order valence-electron chi connectivity index (χ0n) is 32.5. The monoisotopic (exact) mass is 761 g/mol. The van der Waals surface area contributed by atoms with E-state index in [1.807, 2.05) is 6.92 Å². The van der Waals surface area contributed by atoms with Crippen LogP contribution in [0.5, 0.6) is 0 Å². The summed E-state index contributed by atoms with van der Waals surface area (Å²) < 4.78 is 24.8. The van der Waals surface area contributed by atoms with Gasteiger partial charge < -0.3 is 25.4 Å². The number of ether oxygens (including phenoxy) is 1. The zero-order chi connectivity index (χ0) is 39.3. The van der Waals surface area contributed by atoms with Crippen molar-refractivity contribution >= 4 is 29.2 Å². The van der Waals surface area contributed by atoms with Gasteiger partial charge in [0.05, 0.1) is 17.3 Å². The highest BCUT2D eigenvalue weighted by molar-refractivity contribution is 6.00. The Balaban J connectivity index is 1.21. The Bertz CT molecular complexity index is 1820. The third kappa shape index (κ3) is 9.52. The van der Waals surface area contributed by atoms with Gasteiger partial charge in [0.1, 0.15) is 23.2 Å². The van der Waals surface area contributed by atoms with Crippen LogP contribution in [0.25, 0.3) is 0 Å². The molecule has 2 aromatic heterocycles. The Labute approximate surface area is 322 Å². The minimum absolute atomic E-state index is 0.00381. The van der Waals surface area contributed by atoms with Crippen LogP contribution < -0.4 is 10.6 Å². The van der Waals surface area contributed by atoms with Crippen molar-refractivity contribution in [3.05, 3.63) is 65.5 Å². The van der Waals surface area contributed by atoms with Crippen molar-refractivity contribution in [2.75, 3.05) is 31.6 Å². The van der Waals surface area contributed by atoms with Crippen LogP contribution in [-0.4, -0.2) is 91.0 Å². The first kappa shape index (κ1) is 40.2. The molecule has 0 bridgehead atoms. The lowest BCUT2D eigenvalue weighted by molar-refractivity contribution is -0.137. The van der Waals surface area contributed by atoms with Crippen LogP contribution >= 0.6 is 0 Å². The predicted molar refractivity (Wildman–Crippen MR) is 204 cm³/mol. The maximum atomic E-state index is 16.0. The Kier molecular flexibility index (Phi) is 12.9. The molecule has 6 rings (SSSR count). The molecule has 4 heterocycles. The standard InChI is InChI=1S/C41H56FN7O6/c1-5-48-34(12-18-43-48)36(50)25-31(28-8-6-26(2)7-9-28)38(51)45-33-11-10-29(24-32(33)42)27(3)37(40(53)47-20-16-41(4,54)17-21-47)46-39(52)35-13-19-44-49(35)30-14-22-55-23-15-30/h10-13,18-19,24,26-28,30-31,37,54H,5-9,14-17,20-23,25H2,1-4H3,(H,45,51)(H,46,52)/t26?,27-,28?,31-,37+/m0/s1. The van der Waals surface area contributed by atoms with Crippen LogP contribution in [0, 0.1) is 23.6 Å². The lowest BCUT2D eigenvalue weighted by Gasteiger charge is -2.38. The molecule has 298 valence electrons. The molecule has 0 radical (unpaired) electrons. The van der Waals surface area contributed by atoms with E-state index in [2.05, 4.69) is 27.8 Å². The fraction of sp³-hybridized carbons (Fsp3) is 0.610. The summed E-state index contributed by atoms with van der Waals surface area (Å²) in [6.45, 7) is 9.88. The van der Waals surface area contributed by atoms with Crippen molar-refractivity contribution in [2.24, 2.45) is 17.8 Å². The topological polar surface area (TPSA) is 161 Å². The number of ketones is 1. The molecular weight excluding hydrogens is 705 g/mol. The second-order valence-electron chi connectivity index (χ2n) is 16.1. The average molecular weight is 762 g/mol. The van der Waals surface area contributed by atoms with Crippen molar-refractivity contribution in [2.45, 2.75) is 116 Å². The number of halogens is 1. The summed E-state index contributed by atoms with van der Waals surface area (Å²) in [5.41, 5.74) is 0.319. The largest absolute Gasteiger partial charge is 0.390 e. The van der Waals surface area contributed by atoms with Crippen LogP contribution in [-0.2, 0) is 20.9 Å². The molecule has 0 unspecified atom stereocenters. The first-order valence-corrected chi connectivity index (χ1v) is 19.9. The number of benzene rings is 1. The van der Waals surface area contributed by atoms with E-state index in [0.29, 0.717) is 81.4 Å². The Morgan fingerprint density at radius 2 is 1.65 bits per heavy atom. The number of hydrogen-bond donors (Lipinski definition) is 3. The molecule has 1 aromatic carbocycles. The molecule has 2 aliphatic heterocycles. The summed E-state index contributed by atoms with van der Waals surface area (Å²) in [4.78, 5) is 57.1. The van der Waals surface area contributed by atoms with Crippen molar-refractivity contribution in [3.8, 4) is 0 Å². The number of nitrogens with zero attached hydrogens (tertiary/aromatic N) is 5. The fourth-order valence-corrected chi connectivity index (χ4v) is 8.36. The van der Waals surface area contributed by atoms with Gasteiger partial charge in [0.2, 0.25) is 11.8 Å². The summed E-state index contributed by atoms with van der Waals surface area (Å²) in [7, 11) is 0. The molecule has 1 saturated carbocycles. The van der Waals surface area contributed by atoms with E-state index < -0.39 is 41.1 Å². The molecule has 14 heteroatoms. The van der Waals surface area contributed by atoms with E-state index in [1.54, 1.807) is 58.7 Å². The second-order valence-corrected chi connectivity index (χ2v) is 16.1. The zero-order valence-corrected chi connectivity index (χ0v) is 32.5. The van der Waals surface area contributed by atoms with E-state index in [1.165, 1.54) is 12.1 Å². The van der Waals surface area contributed by atoms with Gasteiger partial charge in [-0.1, -0.05) is 32.8 Å². The highest BCUT2D eigenvalue weighted by atomic mass is 19.1. The van der Waals surface area contributed by atoms with Crippen molar-refractivity contribution < 1.29 is 33.4 Å². The number of aromatic nitrogens is 4. The lowest BCUT2D eigenvalue weighted by atomic mass is 9.74. The lowest BCUT2D eigenvalue weighted by Crippen LogP contribution is -2.54. The molecule has 2 saturated heterocycles. The molecule has 55 heavy (non-hydrogen) atoms. The van der Waals surface area contributed by atoms with Gasteiger partial charge in [-0.2, -0.15) is 10.2 Å². The molecule has 3 fully saturated rings. The van der Waals surface area contributed by atoms with E-state index in [0.717, 1.165) is 25.7 Å². The highest BCUT2D eigenvalue weighted by Crippen LogP contribution is 2.36. The van der Waals surface area contributed by atoms with Crippen LogP contribution in [0.1, 0.15) is 124 Å². The maximum absolute atomic E-state index is 16.0. The Morgan fingerprint density at radius 1 is 0.982 bits per heavy atom.